The summed E-state index contributed by atoms with van der Waals surface area (Å²) in [4.78, 5) is 28.1. The van der Waals surface area contributed by atoms with Gasteiger partial charge in [-0.25, -0.2) is 4.98 Å². The molecule has 1 heterocycles. The van der Waals surface area contributed by atoms with Crippen molar-refractivity contribution in [3.05, 3.63) is 45.8 Å². The smallest absolute Gasteiger partial charge is 0.307 e. The first kappa shape index (κ1) is 17.9. The lowest BCUT2D eigenvalue weighted by Crippen LogP contribution is -2.34. The summed E-state index contributed by atoms with van der Waals surface area (Å²) in [5, 5.41) is 15.1. The molecule has 0 radical (unpaired) electrons. The fourth-order valence-corrected chi connectivity index (χ4v) is 3.71. The van der Waals surface area contributed by atoms with Crippen molar-refractivity contribution in [1.29, 1.82) is 0 Å². The summed E-state index contributed by atoms with van der Waals surface area (Å²) in [6.07, 6.45) is 4.41. The summed E-state index contributed by atoms with van der Waals surface area (Å²) in [5.41, 5.74) is 1.45. The number of anilines is 1. The largest absolute Gasteiger partial charge is 0.481 e. The van der Waals surface area contributed by atoms with Crippen molar-refractivity contribution in [2.24, 2.45) is 11.8 Å². The number of nitrogens with zero attached hydrogens (tertiary/aromatic N) is 1. The Bertz CT molecular complexity index is 850. The first-order valence-corrected chi connectivity index (χ1v) is 9.19. The summed E-state index contributed by atoms with van der Waals surface area (Å²) < 4.78 is 0. The average Bonchev–Trinajstić information content (AvgIpc) is 3.05. The molecule has 0 bridgehead atoms. The Balaban J connectivity index is 1.74. The van der Waals surface area contributed by atoms with Gasteiger partial charge >= 0.3 is 5.97 Å². The molecule has 8 heteroatoms. The maximum atomic E-state index is 12.4. The minimum atomic E-state index is -0.958. The van der Waals surface area contributed by atoms with Crippen LogP contribution in [0.15, 0.2) is 35.7 Å². The number of carboxylic acid groups (broad SMARTS) is 1. The molecule has 0 aliphatic heterocycles. The third kappa shape index (κ3) is 4.03. The van der Waals surface area contributed by atoms with Crippen LogP contribution in [0.1, 0.15) is 12.8 Å². The average molecular weight is 397 g/mol. The molecule has 25 heavy (non-hydrogen) atoms. The van der Waals surface area contributed by atoms with Gasteiger partial charge < -0.3 is 10.4 Å². The van der Waals surface area contributed by atoms with Gasteiger partial charge in [0.05, 0.1) is 27.6 Å². The van der Waals surface area contributed by atoms with E-state index in [1.165, 1.54) is 11.3 Å². The number of carbonyl (C=O) groups excluding carboxylic acids is 1. The third-order valence-electron chi connectivity index (χ3n) is 4.04. The lowest BCUT2D eigenvalue weighted by atomic mass is 9.82. The fourth-order valence-electron chi connectivity index (χ4n) is 2.69. The van der Waals surface area contributed by atoms with Crippen LogP contribution in [0.3, 0.4) is 0 Å². The normalized spacial score (nSPS) is 19.6. The molecule has 0 spiro atoms. The number of rotatable bonds is 4. The lowest BCUT2D eigenvalue weighted by Gasteiger charge is -2.23. The van der Waals surface area contributed by atoms with E-state index in [2.05, 4.69) is 10.3 Å². The summed E-state index contributed by atoms with van der Waals surface area (Å²) >= 11 is 13.2. The molecule has 0 saturated heterocycles. The molecule has 1 aromatic heterocycles. The Morgan fingerprint density at radius 2 is 1.88 bits per heavy atom. The van der Waals surface area contributed by atoms with Crippen molar-refractivity contribution in [2.75, 3.05) is 5.32 Å². The van der Waals surface area contributed by atoms with Crippen molar-refractivity contribution in [2.45, 2.75) is 12.8 Å². The highest BCUT2D eigenvalue weighted by Gasteiger charge is 2.34. The molecule has 0 saturated carbocycles. The highest BCUT2D eigenvalue weighted by Crippen LogP contribution is 2.32. The molecule has 2 N–H and O–H groups in total. The van der Waals surface area contributed by atoms with Crippen LogP contribution in [-0.2, 0) is 9.59 Å². The van der Waals surface area contributed by atoms with E-state index in [0.717, 1.165) is 5.56 Å². The van der Waals surface area contributed by atoms with Crippen molar-refractivity contribution in [3.8, 4) is 11.3 Å². The second-order valence-electron chi connectivity index (χ2n) is 5.65. The van der Waals surface area contributed by atoms with E-state index in [-0.39, 0.29) is 5.91 Å². The molecule has 130 valence electrons. The molecule has 1 aliphatic rings. The number of halogens is 2. The van der Waals surface area contributed by atoms with Gasteiger partial charge in [-0.3, -0.25) is 9.59 Å². The zero-order valence-corrected chi connectivity index (χ0v) is 15.2. The molecule has 2 atom stereocenters. The lowest BCUT2D eigenvalue weighted by molar-refractivity contribution is -0.146. The molecule has 3 rings (SSSR count). The van der Waals surface area contributed by atoms with E-state index in [9.17, 15) is 14.7 Å². The van der Waals surface area contributed by atoms with Gasteiger partial charge in [-0.2, -0.15) is 0 Å². The zero-order valence-electron chi connectivity index (χ0n) is 12.9. The van der Waals surface area contributed by atoms with Gasteiger partial charge in [0.25, 0.3) is 0 Å². The first-order valence-electron chi connectivity index (χ1n) is 7.55. The van der Waals surface area contributed by atoms with Gasteiger partial charge in [0.15, 0.2) is 5.13 Å². The van der Waals surface area contributed by atoms with Gasteiger partial charge in [0, 0.05) is 10.9 Å². The molecular weight excluding hydrogens is 383 g/mol. The Morgan fingerprint density at radius 3 is 2.56 bits per heavy atom. The number of benzene rings is 1. The summed E-state index contributed by atoms with van der Waals surface area (Å²) in [7, 11) is 0. The molecular formula is C17H14Cl2N2O3S. The highest BCUT2D eigenvalue weighted by molar-refractivity contribution is 7.14. The minimum Gasteiger partial charge on any atom is -0.481 e. The Morgan fingerprint density at radius 1 is 1.16 bits per heavy atom. The van der Waals surface area contributed by atoms with Crippen LogP contribution >= 0.6 is 34.5 Å². The number of nitrogens with one attached hydrogen (secondary N) is 1. The fraction of sp³-hybridized carbons (Fsp3) is 0.235. The van der Waals surface area contributed by atoms with Crippen molar-refractivity contribution < 1.29 is 14.7 Å². The standard InChI is InChI=1S/C17H14Cl2N2O3S/c18-12-6-5-9(7-13(12)19)14-8-25-17(20-14)21-15(22)10-3-1-2-4-11(10)16(23)24/h1-2,5-8,10-11H,3-4H2,(H,23,24)(H,20,21,22)/t10-,11-/m0/s1. The van der Waals surface area contributed by atoms with Crippen LogP contribution in [0.5, 0.6) is 0 Å². The quantitative estimate of drug-likeness (QED) is 0.732. The number of carboxylic acids is 1. The summed E-state index contributed by atoms with van der Waals surface area (Å²) in [6, 6.07) is 5.18. The van der Waals surface area contributed by atoms with Crippen LogP contribution in [0.4, 0.5) is 5.13 Å². The maximum Gasteiger partial charge on any atom is 0.307 e. The predicted octanol–water partition coefficient (Wildman–Crippen LogP) is 4.72. The molecule has 0 fully saturated rings. The van der Waals surface area contributed by atoms with E-state index < -0.39 is 17.8 Å². The highest BCUT2D eigenvalue weighted by atomic mass is 35.5. The molecule has 5 nitrogen and oxygen atoms in total. The first-order chi connectivity index (χ1) is 12.0. The topological polar surface area (TPSA) is 79.3 Å². The maximum absolute atomic E-state index is 12.4. The molecule has 2 aromatic rings. The van der Waals surface area contributed by atoms with Gasteiger partial charge in [0.1, 0.15) is 0 Å². The number of amides is 1. The Kier molecular flexibility index (Phi) is 5.42. The van der Waals surface area contributed by atoms with Crippen LogP contribution in [-0.4, -0.2) is 22.0 Å². The molecule has 0 unspecified atom stereocenters. The number of thiazole rings is 1. The van der Waals surface area contributed by atoms with E-state index in [0.29, 0.717) is 33.7 Å². The monoisotopic (exact) mass is 396 g/mol. The molecule has 1 aliphatic carbocycles. The number of hydrogen-bond donors (Lipinski definition) is 2. The van der Waals surface area contributed by atoms with Gasteiger partial charge in [-0.05, 0) is 25.0 Å². The van der Waals surface area contributed by atoms with Gasteiger partial charge in [-0.1, -0.05) is 41.4 Å². The Hall–Kier alpha value is -1.89. The van der Waals surface area contributed by atoms with Gasteiger partial charge in [0.2, 0.25) is 5.91 Å². The number of carbonyl (C=O) groups is 2. The third-order valence-corrected chi connectivity index (χ3v) is 5.53. The van der Waals surface area contributed by atoms with Crippen LogP contribution in [0, 0.1) is 11.8 Å². The SMILES string of the molecule is O=C(O)[C@H]1CC=CC[C@@H]1C(=O)Nc1nc(-c2ccc(Cl)c(Cl)c2)cs1. The Labute approximate surface area is 158 Å². The van der Waals surface area contributed by atoms with Crippen molar-refractivity contribution in [3.63, 3.8) is 0 Å². The van der Waals surface area contributed by atoms with E-state index >= 15 is 0 Å². The number of allylic oxidation sites excluding steroid dienone is 2. The number of hydrogen-bond acceptors (Lipinski definition) is 4. The van der Waals surface area contributed by atoms with Crippen LogP contribution < -0.4 is 5.32 Å². The van der Waals surface area contributed by atoms with E-state index in [1.54, 1.807) is 29.7 Å². The summed E-state index contributed by atoms with van der Waals surface area (Å²) in [6.45, 7) is 0. The zero-order chi connectivity index (χ0) is 18.0. The summed E-state index contributed by atoms with van der Waals surface area (Å²) in [5.74, 6) is -2.59. The van der Waals surface area contributed by atoms with E-state index in [1.807, 2.05) is 6.08 Å². The van der Waals surface area contributed by atoms with Gasteiger partial charge in [-0.15, -0.1) is 11.3 Å². The van der Waals surface area contributed by atoms with Crippen LogP contribution in [0.25, 0.3) is 11.3 Å². The second kappa shape index (κ2) is 7.56. The second-order valence-corrected chi connectivity index (χ2v) is 7.32. The number of aromatic nitrogens is 1. The van der Waals surface area contributed by atoms with Crippen molar-refractivity contribution in [1.82, 2.24) is 4.98 Å². The van der Waals surface area contributed by atoms with E-state index in [4.69, 9.17) is 23.2 Å². The minimum absolute atomic E-state index is 0.327. The molecule has 1 aromatic carbocycles. The number of aliphatic carboxylic acids is 1. The predicted molar refractivity (Wildman–Crippen MR) is 99.2 cm³/mol. The van der Waals surface area contributed by atoms with Crippen molar-refractivity contribution >= 4 is 51.5 Å². The molecule has 1 amide bonds. The van der Waals surface area contributed by atoms with Crippen LogP contribution in [0.2, 0.25) is 10.0 Å².